The van der Waals surface area contributed by atoms with Gasteiger partial charge in [-0.05, 0) is 31.7 Å². The van der Waals surface area contributed by atoms with Crippen LogP contribution in [-0.2, 0) is 0 Å². The van der Waals surface area contributed by atoms with Crippen molar-refractivity contribution in [3.05, 3.63) is 0 Å². The highest BCUT2D eigenvalue weighted by Crippen LogP contribution is 2.30. The predicted molar refractivity (Wildman–Crippen MR) is 76.3 cm³/mol. The van der Waals surface area contributed by atoms with E-state index in [2.05, 4.69) is 37.8 Å². The summed E-state index contributed by atoms with van der Waals surface area (Å²) in [5.41, 5.74) is 0. The Kier molecular flexibility index (Phi) is 7.55. The minimum atomic E-state index is 0.732. The molecule has 1 aliphatic rings. The second-order valence-electron chi connectivity index (χ2n) is 5.19. The van der Waals surface area contributed by atoms with Gasteiger partial charge in [0, 0.05) is 17.0 Å². The molecule has 0 radical (unpaired) electrons. The summed E-state index contributed by atoms with van der Waals surface area (Å²) < 4.78 is 0. The van der Waals surface area contributed by atoms with Crippen LogP contribution in [0.5, 0.6) is 0 Å². The smallest absolute Gasteiger partial charge is 0.0183 e. The van der Waals surface area contributed by atoms with E-state index in [1.54, 1.807) is 0 Å². The van der Waals surface area contributed by atoms with Crippen molar-refractivity contribution in [3.63, 3.8) is 0 Å². The average Bonchev–Trinajstić information content (AvgIpc) is 2.81. The van der Waals surface area contributed by atoms with Crippen LogP contribution in [0, 0.1) is 5.92 Å². The Bertz CT molecular complexity index is 166. The van der Waals surface area contributed by atoms with Gasteiger partial charge in [0.2, 0.25) is 0 Å². The predicted octanol–water partition coefficient (Wildman–Crippen LogP) is 4.08. The number of rotatable bonds is 8. The first-order valence-electron chi connectivity index (χ1n) is 7.12. The number of hydrogen-bond acceptors (Lipinski definition) is 2. The molecule has 2 heteroatoms. The fourth-order valence-corrected chi connectivity index (χ4v) is 3.93. The monoisotopic (exact) mass is 243 g/mol. The lowest BCUT2D eigenvalue weighted by molar-refractivity contribution is 0.396. The fourth-order valence-electron chi connectivity index (χ4n) is 2.33. The molecule has 0 heterocycles. The SMILES string of the molecule is CCCNC(CSC1CCCC1)C(C)CC. The zero-order valence-electron chi connectivity index (χ0n) is 11.3. The summed E-state index contributed by atoms with van der Waals surface area (Å²) in [6.45, 7) is 8.14. The maximum absolute atomic E-state index is 3.72. The summed E-state index contributed by atoms with van der Waals surface area (Å²) in [6, 6.07) is 0.732. The molecule has 1 fully saturated rings. The molecule has 0 bridgehead atoms. The lowest BCUT2D eigenvalue weighted by Crippen LogP contribution is -2.37. The van der Waals surface area contributed by atoms with Gasteiger partial charge in [-0.3, -0.25) is 0 Å². The van der Waals surface area contributed by atoms with E-state index in [-0.39, 0.29) is 0 Å². The van der Waals surface area contributed by atoms with Gasteiger partial charge in [0.1, 0.15) is 0 Å². The van der Waals surface area contributed by atoms with Crippen molar-refractivity contribution in [2.45, 2.75) is 70.6 Å². The van der Waals surface area contributed by atoms with Gasteiger partial charge in [0.05, 0.1) is 0 Å². The Balaban J connectivity index is 2.24. The minimum Gasteiger partial charge on any atom is -0.313 e. The van der Waals surface area contributed by atoms with E-state index in [4.69, 9.17) is 0 Å². The molecule has 0 aliphatic heterocycles. The van der Waals surface area contributed by atoms with E-state index in [0.29, 0.717) is 0 Å². The molecular formula is C14H29NS. The summed E-state index contributed by atoms with van der Waals surface area (Å²) in [4.78, 5) is 0. The normalized spacial score (nSPS) is 21.2. The maximum atomic E-state index is 3.72. The molecule has 0 spiro atoms. The molecule has 16 heavy (non-hydrogen) atoms. The summed E-state index contributed by atoms with van der Waals surface area (Å²) in [5, 5.41) is 4.69. The van der Waals surface area contributed by atoms with Gasteiger partial charge >= 0.3 is 0 Å². The van der Waals surface area contributed by atoms with Crippen molar-refractivity contribution < 1.29 is 0 Å². The lowest BCUT2D eigenvalue weighted by atomic mass is 10.0. The van der Waals surface area contributed by atoms with Gasteiger partial charge in [-0.25, -0.2) is 0 Å². The van der Waals surface area contributed by atoms with Crippen molar-refractivity contribution in [1.29, 1.82) is 0 Å². The first-order chi connectivity index (χ1) is 7.77. The molecule has 1 N–H and O–H groups in total. The maximum Gasteiger partial charge on any atom is 0.0183 e. The van der Waals surface area contributed by atoms with E-state index in [1.165, 1.54) is 50.8 Å². The molecule has 1 aliphatic carbocycles. The van der Waals surface area contributed by atoms with Crippen molar-refractivity contribution in [2.24, 2.45) is 5.92 Å². The molecule has 96 valence electrons. The van der Waals surface area contributed by atoms with Gasteiger partial charge in [-0.15, -0.1) is 0 Å². The average molecular weight is 243 g/mol. The third-order valence-corrected chi connectivity index (χ3v) is 5.30. The minimum absolute atomic E-state index is 0.732. The van der Waals surface area contributed by atoms with E-state index in [0.717, 1.165) is 17.2 Å². The number of hydrogen-bond donors (Lipinski definition) is 1. The Morgan fingerprint density at radius 3 is 2.50 bits per heavy atom. The van der Waals surface area contributed by atoms with Gasteiger partial charge < -0.3 is 5.32 Å². The Labute approximate surface area is 106 Å². The molecule has 2 unspecified atom stereocenters. The fraction of sp³-hybridized carbons (Fsp3) is 1.00. The second kappa shape index (κ2) is 8.41. The van der Waals surface area contributed by atoms with Crippen LogP contribution in [0.2, 0.25) is 0 Å². The van der Waals surface area contributed by atoms with Crippen LogP contribution in [0.3, 0.4) is 0 Å². The van der Waals surface area contributed by atoms with Crippen LogP contribution < -0.4 is 5.32 Å². The van der Waals surface area contributed by atoms with Crippen molar-refractivity contribution >= 4 is 11.8 Å². The molecule has 1 saturated carbocycles. The highest BCUT2D eigenvalue weighted by molar-refractivity contribution is 7.99. The molecule has 1 rings (SSSR count). The van der Waals surface area contributed by atoms with E-state index in [9.17, 15) is 0 Å². The standard InChI is InChI=1S/C14H29NS/c1-4-10-15-14(12(3)5-2)11-16-13-8-6-7-9-13/h12-15H,4-11H2,1-3H3. The summed E-state index contributed by atoms with van der Waals surface area (Å²) in [5.74, 6) is 2.14. The van der Waals surface area contributed by atoms with Gasteiger partial charge in [-0.2, -0.15) is 11.8 Å². The Morgan fingerprint density at radius 2 is 1.94 bits per heavy atom. The number of thioether (sulfide) groups is 1. The van der Waals surface area contributed by atoms with E-state index >= 15 is 0 Å². The first kappa shape index (κ1) is 14.4. The zero-order valence-corrected chi connectivity index (χ0v) is 12.1. The third-order valence-electron chi connectivity index (χ3n) is 3.80. The molecule has 0 aromatic heterocycles. The summed E-state index contributed by atoms with van der Waals surface area (Å²) in [7, 11) is 0. The molecule has 0 saturated heterocycles. The largest absolute Gasteiger partial charge is 0.313 e. The van der Waals surface area contributed by atoms with Crippen LogP contribution in [0.4, 0.5) is 0 Å². The highest BCUT2D eigenvalue weighted by Gasteiger charge is 2.20. The Morgan fingerprint density at radius 1 is 1.25 bits per heavy atom. The van der Waals surface area contributed by atoms with Crippen LogP contribution in [-0.4, -0.2) is 23.6 Å². The van der Waals surface area contributed by atoms with E-state index in [1.807, 2.05) is 0 Å². The van der Waals surface area contributed by atoms with Crippen molar-refractivity contribution in [3.8, 4) is 0 Å². The molecule has 0 aromatic carbocycles. The van der Waals surface area contributed by atoms with Gasteiger partial charge in [-0.1, -0.05) is 40.0 Å². The van der Waals surface area contributed by atoms with Crippen LogP contribution >= 0.6 is 11.8 Å². The van der Waals surface area contributed by atoms with Crippen LogP contribution in [0.25, 0.3) is 0 Å². The van der Waals surface area contributed by atoms with Crippen molar-refractivity contribution in [2.75, 3.05) is 12.3 Å². The Hall–Kier alpha value is 0.310. The van der Waals surface area contributed by atoms with Crippen LogP contribution in [0.15, 0.2) is 0 Å². The quantitative estimate of drug-likeness (QED) is 0.689. The molecular weight excluding hydrogens is 214 g/mol. The van der Waals surface area contributed by atoms with Crippen molar-refractivity contribution in [1.82, 2.24) is 5.32 Å². The van der Waals surface area contributed by atoms with Gasteiger partial charge in [0.25, 0.3) is 0 Å². The molecule has 2 atom stereocenters. The molecule has 0 aromatic rings. The van der Waals surface area contributed by atoms with E-state index < -0.39 is 0 Å². The zero-order chi connectivity index (χ0) is 11.8. The summed E-state index contributed by atoms with van der Waals surface area (Å²) in [6.07, 6.45) is 8.41. The van der Waals surface area contributed by atoms with Gasteiger partial charge in [0.15, 0.2) is 0 Å². The van der Waals surface area contributed by atoms with Crippen LogP contribution in [0.1, 0.15) is 59.3 Å². The highest BCUT2D eigenvalue weighted by atomic mass is 32.2. The topological polar surface area (TPSA) is 12.0 Å². The lowest BCUT2D eigenvalue weighted by Gasteiger charge is -2.25. The second-order valence-corrected chi connectivity index (χ2v) is 6.52. The summed E-state index contributed by atoms with van der Waals surface area (Å²) >= 11 is 2.22. The number of nitrogens with one attached hydrogen (secondary N) is 1. The molecule has 1 nitrogen and oxygen atoms in total. The molecule has 0 amide bonds. The third kappa shape index (κ3) is 5.09. The first-order valence-corrected chi connectivity index (χ1v) is 8.17.